The number of unbranched alkanes of at least 4 members (excludes halogenated alkanes) is 1. The van der Waals surface area contributed by atoms with Crippen LogP contribution in [0.4, 0.5) is 11.9 Å². The number of hydrogen-bond acceptors (Lipinski definition) is 8. The van der Waals surface area contributed by atoms with E-state index in [2.05, 4.69) is 27.0 Å². The first kappa shape index (κ1) is 14.5. The first-order valence-electron chi connectivity index (χ1n) is 6.62. The molecular weight excluding hydrogens is 260 g/mol. The average Bonchev–Trinajstić information content (AvgIpc) is 2.52. The van der Waals surface area contributed by atoms with E-state index in [1.165, 1.54) is 0 Å². The molecule has 0 radical (unpaired) electrons. The largest absolute Gasteiger partial charge is 0.463 e. The number of nitrogens with zero attached hydrogens (tertiary/aromatic N) is 4. The van der Waals surface area contributed by atoms with Crippen LogP contribution in [-0.2, 0) is 4.74 Å². The van der Waals surface area contributed by atoms with Gasteiger partial charge in [-0.2, -0.15) is 15.0 Å². The molecule has 0 aliphatic carbocycles. The van der Waals surface area contributed by atoms with E-state index >= 15 is 0 Å². The number of nitrogen functional groups attached to an aromatic ring is 1. The van der Waals surface area contributed by atoms with Crippen molar-refractivity contribution in [2.45, 2.75) is 12.8 Å². The maximum atomic E-state index is 5.52. The Hall–Kier alpha value is -1.93. The molecule has 20 heavy (non-hydrogen) atoms. The van der Waals surface area contributed by atoms with Crippen molar-refractivity contribution in [3.63, 3.8) is 0 Å². The predicted octanol–water partition coefficient (Wildman–Crippen LogP) is 0.339. The number of anilines is 2. The van der Waals surface area contributed by atoms with Crippen molar-refractivity contribution < 1.29 is 9.47 Å². The molecule has 1 aliphatic heterocycles. The van der Waals surface area contributed by atoms with Gasteiger partial charge in [-0.15, -0.1) is 6.58 Å². The molecule has 8 heteroatoms. The van der Waals surface area contributed by atoms with Gasteiger partial charge in [-0.3, -0.25) is 5.43 Å². The van der Waals surface area contributed by atoms with Crippen LogP contribution in [0.3, 0.4) is 0 Å². The van der Waals surface area contributed by atoms with Crippen molar-refractivity contribution in [2.75, 3.05) is 43.2 Å². The van der Waals surface area contributed by atoms with Crippen LogP contribution in [0.2, 0.25) is 0 Å². The van der Waals surface area contributed by atoms with Crippen molar-refractivity contribution >= 4 is 11.9 Å². The second-order valence-electron chi connectivity index (χ2n) is 4.26. The number of ether oxygens (including phenoxy) is 2. The van der Waals surface area contributed by atoms with Crippen LogP contribution >= 0.6 is 0 Å². The molecule has 2 rings (SSSR count). The molecule has 1 aliphatic rings. The van der Waals surface area contributed by atoms with E-state index in [0.29, 0.717) is 31.7 Å². The number of allylic oxidation sites excluding steroid dienone is 1. The summed E-state index contributed by atoms with van der Waals surface area (Å²) in [5.74, 6) is 6.22. The van der Waals surface area contributed by atoms with Crippen molar-refractivity contribution in [3.05, 3.63) is 12.7 Å². The molecule has 3 N–H and O–H groups in total. The molecule has 110 valence electrons. The zero-order valence-electron chi connectivity index (χ0n) is 11.4. The summed E-state index contributed by atoms with van der Waals surface area (Å²) >= 11 is 0. The lowest BCUT2D eigenvalue weighted by molar-refractivity contribution is 0.122. The Morgan fingerprint density at radius 1 is 1.35 bits per heavy atom. The van der Waals surface area contributed by atoms with E-state index in [0.717, 1.165) is 25.9 Å². The minimum Gasteiger partial charge on any atom is -0.463 e. The molecule has 1 fully saturated rings. The molecule has 1 saturated heterocycles. The minimum atomic E-state index is 0.276. The number of aromatic nitrogens is 3. The van der Waals surface area contributed by atoms with E-state index in [1.807, 2.05) is 11.0 Å². The summed E-state index contributed by atoms with van der Waals surface area (Å²) in [6, 6.07) is 0.276. The number of rotatable bonds is 7. The Balaban J connectivity index is 2.04. The van der Waals surface area contributed by atoms with Crippen molar-refractivity contribution in [2.24, 2.45) is 5.84 Å². The lowest BCUT2D eigenvalue weighted by Gasteiger charge is -2.26. The lowest BCUT2D eigenvalue weighted by Crippen LogP contribution is -2.37. The van der Waals surface area contributed by atoms with Crippen LogP contribution in [0.15, 0.2) is 12.7 Å². The Labute approximate surface area is 118 Å². The molecule has 0 aromatic carbocycles. The van der Waals surface area contributed by atoms with Crippen LogP contribution in [0.5, 0.6) is 6.01 Å². The van der Waals surface area contributed by atoms with Gasteiger partial charge in [0.05, 0.1) is 19.8 Å². The number of hydrogen-bond donors (Lipinski definition) is 2. The first-order valence-corrected chi connectivity index (χ1v) is 6.62. The van der Waals surface area contributed by atoms with Gasteiger partial charge in [0, 0.05) is 13.1 Å². The van der Waals surface area contributed by atoms with Gasteiger partial charge >= 0.3 is 6.01 Å². The molecule has 0 amide bonds. The zero-order chi connectivity index (χ0) is 14.2. The van der Waals surface area contributed by atoms with Gasteiger partial charge in [0.25, 0.3) is 0 Å². The van der Waals surface area contributed by atoms with Gasteiger partial charge in [-0.25, -0.2) is 5.84 Å². The second-order valence-corrected chi connectivity index (χ2v) is 4.26. The quantitative estimate of drug-likeness (QED) is 0.319. The van der Waals surface area contributed by atoms with Crippen molar-refractivity contribution in [1.82, 2.24) is 15.0 Å². The van der Waals surface area contributed by atoms with Crippen LogP contribution < -0.4 is 20.9 Å². The van der Waals surface area contributed by atoms with E-state index in [4.69, 9.17) is 15.3 Å². The molecule has 1 aromatic rings. The topological polar surface area (TPSA) is 98.4 Å². The summed E-state index contributed by atoms with van der Waals surface area (Å²) in [4.78, 5) is 14.6. The minimum absolute atomic E-state index is 0.276. The number of morpholine rings is 1. The first-order chi connectivity index (χ1) is 9.83. The van der Waals surface area contributed by atoms with Crippen molar-refractivity contribution in [1.29, 1.82) is 0 Å². The van der Waals surface area contributed by atoms with Crippen LogP contribution in [0.1, 0.15) is 12.8 Å². The van der Waals surface area contributed by atoms with Crippen LogP contribution in [-0.4, -0.2) is 47.9 Å². The molecule has 0 atom stereocenters. The SMILES string of the molecule is C=CCCCOc1nc(NN)nc(N2CCOCC2)n1. The smallest absolute Gasteiger partial charge is 0.323 e. The molecule has 1 aromatic heterocycles. The van der Waals surface area contributed by atoms with Gasteiger partial charge in [0.2, 0.25) is 11.9 Å². The highest BCUT2D eigenvalue weighted by atomic mass is 16.5. The standard InChI is InChI=1S/C12H20N6O2/c1-2-3-4-7-20-12-15-10(17-13)14-11(16-12)18-5-8-19-9-6-18/h2H,1,3-9,13H2,(H,14,15,16,17). The molecular formula is C12H20N6O2. The molecule has 8 nitrogen and oxygen atoms in total. The van der Waals surface area contributed by atoms with E-state index in [9.17, 15) is 0 Å². The highest BCUT2D eigenvalue weighted by Crippen LogP contribution is 2.16. The number of hydrazine groups is 1. The van der Waals surface area contributed by atoms with Gasteiger partial charge < -0.3 is 14.4 Å². The van der Waals surface area contributed by atoms with Crippen molar-refractivity contribution in [3.8, 4) is 6.01 Å². The Morgan fingerprint density at radius 3 is 2.85 bits per heavy atom. The van der Waals surface area contributed by atoms with E-state index < -0.39 is 0 Å². The summed E-state index contributed by atoms with van der Waals surface area (Å²) in [7, 11) is 0. The van der Waals surface area contributed by atoms with E-state index in [1.54, 1.807) is 0 Å². The van der Waals surface area contributed by atoms with Gasteiger partial charge in [-0.1, -0.05) is 6.08 Å². The Bertz CT molecular complexity index is 436. The summed E-state index contributed by atoms with van der Waals surface area (Å²) in [6.07, 6.45) is 3.61. The summed E-state index contributed by atoms with van der Waals surface area (Å²) in [5, 5.41) is 0. The van der Waals surface area contributed by atoms with Crippen LogP contribution in [0.25, 0.3) is 0 Å². The van der Waals surface area contributed by atoms with Crippen LogP contribution in [0, 0.1) is 0 Å². The normalized spacial score (nSPS) is 14.9. The van der Waals surface area contributed by atoms with E-state index in [-0.39, 0.29) is 6.01 Å². The molecule has 0 saturated carbocycles. The fraction of sp³-hybridized carbons (Fsp3) is 0.583. The maximum Gasteiger partial charge on any atom is 0.323 e. The van der Waals surface area contributed by atoms with Gasteiger partial charge in [-0.05, 0) is 12.8 Å². The molecule has 0 spiro atoms. The Morgan fingerprint density at radius 2 is 2.15 bits per heavy atom. The Kier molecular flexibility index (Phi) is 5.51. The summed E-state index contributed by atoms with van der Waals surface area (Å²) in [6.45, 7) is 7.00. The highest BCUT2D eigenvalue weighted by Gasteiger charge is 2.16. The molecule has 0 bridgehead atoms. The highest BCUT2D eigenvalue weighted by molar-refractivity contribution is 5.37. The third-order valence-electron chi connectivity index (χ3n) is 2.81. The lowest BCUT2D eigenvalue weighted by atomic mass is 10.3. The monoisotopic (exact) mass is 280 g/mol. The fourth-order valence-electron chi connectivity index (χ4n) is 1.77. The third kappa shape index (κ3) is 4.04. The number of nitrogens with two attached hydrogens (primary N) is 1. The maximum absolute atomic E-state index is 5.52. The summed E-state index contributed by atoms with van der Waals surface area (Å²) < 4.78 is 10.8. The third-order valence-corrected chi connectivity index (χ3v) is 2.81. The molecule has 0 unspecified atom stereocenters. The average molecular weight is 280 g/mol. The molecule has 2 heterocycles. The zero-order valence-corrected chi connectivity index (χ0v) is 11.4. The van der Waals surface area contributed by atoms with Gasteiger partial charge in [0.1, 0.15) is 0 Å². The second kappa shape index (κ2) is 7.61. The number of nitrogens with one attached hydrogen (secondary N) is 1. The van der Waals surface area contributed by atoms with Gasteiger partial charge in [0.15, 0.2) is 0 Å². The predicted molar refractivity (Wildman–Crippen MR) is 75.6 cm³/mol. The fourth-order valence-corrected chi connectivity index (χ4v) is 1.77. The summed E-state index contributed by atoms with van der Waals surface area (Å²) in [5.41, 5.74) is 2.43.